The average molecular weight is 480 g/mol. The summed E-state index contributed by atoms with van der Waals surface area (Å²) >= 11 is 3.47. The van der Waals surface area contributed by atoms with Crippen LogP contribution in [0.3, 0.4) is 0 Å². The summed E-state index contributed by atoms with van der Waals surface area (Å²) in [5.41, 5.74) is 3.79. The molecular formula is C24H22BrN3O3. The average Bonchev–Trinajstić information content (AvgIpc) is 2.79. The van der Waals surface area contributed by atoms with Gasteiger partial charge in [-0.3, -0.25) is 14.6 Å². The van der Waals surface area contributed by atoms with Crippen molar-refractivity contribution in [3.63, 3.8) is 0 Å². The first kappa shape index (κ1) is 21.2. The third-order valence-corrected chi connectivity index (χ3v) is 5.65. The van der Waals surface area contributed by atoms with E-state index in [2.05, 4.69) is 26.2 Å². The first-order valence-corrected chi connectivity index (χ1v) is 10.8. The molecule has 2 heterocycles. The van der Waals surface area contributed by atoms with E-state index in [4.69, 9.17) is 4.74 Å². The molecule has 0 spiro atoms. The lowest BCUT2D eigenvalue weighted by Crippen LogP contribution is -2.41. The van der Waals surface area contributed by atoms with Crippen LogP contribution in [0.1, 0.15) is 26.4 Å². The maximum atomic E-state index is 13.0. The van der Waals surface area contributed by atoms with Crippen LogP contribution in [0.5, 0.6) is 0 Å². The minimum Gasteiger partial charge on any atom is -0.378 e. The summed E-state index contributed by atoms with van der Waals surface area (Å²) in [7, 11) is 0. The molecule has 0 aliphatic carbocycles. The first-order valence-electron chi connectivity index (χ1n) is 10.0. The number of amides is 2. The van der Waals surface area contributed by atoms with Gasteiger partial charge in [0.25, 0.3) is 11.8 Å². The third-order valence-electron chi connectivity index (χ3n) is 5.15. The van der Waals surface area contributed by atoms with Crippen molar-refractivity contribution in [3.05, 3.63) is 82.0 Å². The van der Waals surface area contributed by atoms with E-state index in [9.17, 15) is 9.59 Å². The number of nitrogens with zero attached hydrogens (tertiary/aromatic N) is 2. The van der Waals surface area contributed by atoms with Gasteiger partial charge in [-0.25, -0.2) is 0 Å². The molecule has 1 aliphatic heterocycles. The molecule has 1 aliphatic rings. The number of para-hydroxylation sites is 1. The number of carbonyl (C=O) groups excluding carboxylic acids is 2. The van der Waals surface area contributed by atoms with Crippen molar-refractivity contribution in [2.45, 2.75) is 6.92 Å². The Morgan fingerprint density at radius 3 is 2.52 bits per heavy atom. The van der Waals surface area contributed by atoms with Gasteiger partial charge >= 0.3 is 0 Å². The van der Waals surface area contributed by atoms with Gasteiger partial charge < -0.3 is 15.0 Å². The Morgan fingerprint density at radius 2 is 1.77 bits per heavy atom. The SMILES string of the molecule is Cc1nc(-c2cccc(Br)c2)ccc1C(=O)Nc1ccccc1C(=O)N1CCOCC1. The Labute approximate surface area is 189 Å². The van der Waals surface area contributed by atoms with Crippen molar-refractivity contribution in [1.82, 2.24) is 9.88 Å². The van der Waals surface area contributed by atoms with E-state index >= 15 is 0 Å². The number of hydrogen-bond acceptors (Lipinski definition) is 4. The quantitative estimate of drug-likeness (QED) is 0.595. The number of halogens is 1. The maximum absolute atomic E-state index is 13.0. The van der Waals surface area contributed by atoms with Crippen LogP contribution < -0.4 is 5.32 Å². The number of aromatic nitrogens is 1. The van der Waals surface area contributed by atoms with Gasteiger partial charge in [0.15, 0.2) is 0 Å². The van der Waals surface area contributed by atoms with Gasteiger partial charge in [-0.15, -0.1) is 0 Å². The molecular weight excluding hydrogens is 458 g/mol. The zero-order chi connectivity index (χ0) is 21.8. The Morgan fingerprint density at radius 1 is 1.00 bits per heavy atom. The van der Waals surface area contributed by atoms with Crippen molar-refractivity contribution in [2.24, 2.45) is 0 Å². The fourth-order valence-corrected chi connectivity index (χ4v) is 3.91. The van der Waals surface area contributed by atoms with Crippen LogP contribution in [0.25, 0.3) is 11.3 Å². The van der Waals surface area contributed by atoms with E-state index in [0.717, 1.165) is 15.7 Å². The van der Waals surface area contributed by atoms with E-state index < -0.39 is 0 Å². The van der Waals surface area contributed by atoms with Crippen LogP contribution in [0.15, 0.2) is 65.1 Å². The van der Waals surface area contributed by atoms with Crippen molar-refractivity contribution in [1.29, 1.82) is 0 Å². The normalized spacial score (nSPS) is 13.7. The van der Waals surface area contributed by atoms with E-state index in [0.29, 0.717) is 48.8 Å². The molecule has 2 amide bonds. The summed E-state index contributed by atoms with van der Waals surface area (Å²) in [6.45, 7) is 3.94. The molecule has 6 nitrogen and oxygen atoms in total. The molecule has 2 aromatic carbocycles. The van der Waals surface area contributed by atoms with Crippen LogP contribution >= 0.6 is 15.9 Å². The molecule has 4 rings (SSSR count). The lowest BCUT2D eigenvalue weighted by Gasteiger charge is -2.27. The number of ether oxygens (including phenoxy) is 1. The van der Waals surface area contributed by atoms with Crippen LogP contribution in [-0.2, 0) is 4.74 Å². The molecule has 0 bridgehead atoms. The largest absolute Gasteiger partial charge is 0.378 e. The number of benzene rings is 2. The first-order chi connectivity index (χ1) is 15.0. The fourth-order valence-electron chi connectivity index (χ4n) is 3.51. The summed E-state index contributed by atoms with van der Waals surface area (Å²) in [6.07, 6.45) is 0. The van der Waals surface area contributed by atoms with Crippen LogP contribution in [0.2, 0.25) is 0 Å². The van der Waals surface area contributed by atoms with Gasteiger partial charge in [-0.1, -0.05) is 40.2 Å². The summed E-state index contributed by atoms with van der Waals surface area (Å²) in [5, 5.41) is 2.89. The lowest BCUT2D eigenvalue weighted by atomic mass is 10.1. The van der Waals surface area contributed by atoms with Crippen LogP contribution in [-0.4, -0.2) is 48.0 Å². The molecule has 158 valence electrons. The van der Waals surface area contributed by atoms with Gasteiger partial charge in [-0.2, -0.15) is 0 Å². The fraction of sp³-hybridized carbons (Fsp3) is 0.208. The van der Waals surface area contributed by atoms with Crippen molar-refractivity contribution < 1.29 is 14.3 Å². The molecule has 1 N–H and O–H groups in total. The molecule has 0 radical (unpaired) electrons. The highest BCUT2D eigenvalue weighted by molar-refractivity contribution is 9.10. The molecule has 1 aromatic heterocycles. The predicted molar refractivity (Wildman–Crippen MR) is 123 cm³/mol. The van der Waals surface area contributed by atoms with Gasteiger partial charge in [-0.05, 0) is 43.3 Å². The van der Waals surface area contributed by atoms with Gasteiger partial charge in [0.05, 0.1) is 41.4 Å². The Hall–Kier alpha value is -3.03. The smallest absolute Gasteiger partial charge is 0.257 e. The summed E-state index contributed by atoms with van der Waals surface area (Å²) < 4.78 is 6.29. The monoisotopic (exact) mass is 479 g/mol. The number of anilines is 1. The van der Waals surface area contributed by atoms with Crippen LogP contribution in [0, 0.1) is 6.92 Å². The highest BCUT2D eigenvalue weighted by Crippen LogP contribution is 2.24. The summed E-state index contributed by atoms with van der Waals surface area (Å²) in [5.74, 6) is -0.410. The number of morpholine rings is 1. The van der Waals surface area contributed by atoms with E-state index in [1.807, 2.05) is 30.3 Å². The van der Waals surface area contributed by atoms with Gasteiger partial charge in [0.1, 0.15) is 0 Å². The summed E-state index contributed by atoms with van der Waals surface area (Å²) in [6, 6.07) is 18.5. The second-order valence-corrected chi connectivity index (χ2v) is 8.16. The number of rotatable bonds is 4. The zero-order valence-corrected chi connectivity index (χ0v) is 18.7. The number of aryl methyl sites for hydroxylation is 1. The molecule has 0 saturated carbocycles. The number of carbonyl (C=O) groups is 2. The predicted octanol–water partition coefficient (Wildman–Crippen LogP) is 4.54. The van der Waals surface area contributed by atoms with E-state index in [1.54, 1.807) is 42.2 Å². The summed E-state index contributed by atoms with van der Waals surface area (Å²) in [4.78, 5) is 32.3. The minimum absolute atomic E-state index is 0.112. The van der Waals surface area contributed by atoms with Crippen molar-refractivity contribution in [2.75, 3.05) is 31.6 Å². The molecule has 31 heavy (non-hydrogen) atoms. The van der Waals surface area contributed by atoms with Crippen molar-refractivity contribution in [3.8, 4) is 11.3 Å². The molecule has 1 saturated heterocycles. The lowest BCUT2D eigenvalue weighted by molar-refractivity contribution is 0.0303. The highest BCUT2D eigenvalue weighted by Gasteiger charge is 2.22. The van der Waals surface area contributed by atoms with E-state index in [-0.39, 0.29) is 11.8 Å². The van der Waals surface area contributed by atoms with E-state index in [1.165, 1.54) is 0 Å². The van der Waals surface area contributed by atoms with Gasteiger partial charge in [0.2, 0.25) is 0 Å². The zero-order valence-electron chi connectivity index (χ0n) is 17.1. The van der Waals surface area contributed by atoms with Crippen LogP contribution in [0.4, 0.5) is 5.69 Å². The number of nitrogens with one attached hydrogen (secondary N) is 1. The molecule has 7 heteroatoms. The number of pyridine rings is 1. The van der Waals surface area contributed by atoms with Gasteiger partial charge in [0, 0.05) is 23.1 Å². The standard InChI is InChI=1S/C24H22BrN3O3/c1-16-19(9-10-21(26-16)17-5-4-6-18(25)15-17)23(29)27-22-8-3-2-7-20(22)24(30)28-11-13-31-14-12-28/h2-10,15H,11-14H2,1H3,(H,27,29). The second kappa shape index (κ2) is 9.41. The number of hydrogen-bond donors (Lipinski definition) is 1. The Bertz CT molecular complexity index is 1130. The maximum Gasteiger partial charge on any atom is 0.257 e. The Balaban J connectivity index is 1.55. The van der Waals surface area contributed by atoms with Crippen molar-refractivity contribution >= 4 is 33.4 Å². The highest BCUT2D eigenvalue weighted by atomic mass is 79.9. The molecule has 0 unspecified atom stereocenters. The third kappa shape index (κ3) is 4.84. The second-order valence-electron chi connectivity index (χ2n) is 7.24. The molecule has 1 fully saturated rings. The molecule has 0 atom stereocenters. The Kier molecular flexibility index (Phi) is 6.44. The molecule has 3 aromatic rings. The minimum atomic E-state index is -0.298. The topological polar surface area (TPSA) is 71.5 Å².